The molecule has 0 spiro atoms. The van der Waals surface area contributed by atoms with Gasteiger partial charge in [-0.1, -0.05) is 0 Å². The lowest BCUT2D eigenvalue weighted by Crippen LogP contribution is -2.42. The summed E-state index contributed by atoms with van der Waals surface area (Å²) in [6, 6.07) is 0. The molecule has 0 aliphatic heterocycles. The van der Waals surface area contributed by atoms with E-state index in [0.717, 1.165) is 22.6 Å². The lowest BCUT2D eigenvalue weighted by atomic mass is 10.4. The third-order valence-electron chi connectivity index (χ3n) is 2.29. The van der Waals surface area contributed by atoms with Gasteiger partial charge < -0.3 is 14.4 Å². The Balaban J connectivity index is 0. The molecule has 0 aliphatic carbocycles. The molecule has 0 fully saturated rings. The first kappa shape index (κ1) is 14.7. The first-order valence-corrected chi connectivity index (χ1v) is 5.19. The van der Waals surface area contributed by atoms with Gasteiger partial charge in [-0.2, -0.15) is 0 Å². The van der Waals surface area contributed by atoms with Crippen LogP contribution in [0.5, 0.6) is 0 Å². The first-order chi connectivity index (χ1) is 5.41. The van der Waals surface area contributed by atoms with Gasteiger partial charge in [0.1, 0.15) is 3.98 Å². The van der Waals surface area contributed by atoms with Crippen molar-refractivity contribution in [1.82, 2.24) is 0 Å². The Morgan fingerprint density at radius 2 is 1.42 bits per heavy atom. The molecule has 0 unspecified atom stereocenters. The number of rotatable bonds is 3. The van der Waals surface area contributed by atoms with Gasteiger partial charge in [0.15, 0.2) is 0 Å². The van der Waals surface area contributed by atoms with Crippen molar-refractivity contribution in [3.63, 3.8) is 0 Å². The van der Waals surface area contributed by atoms with Crippen molar-refractivity contribution in [3.05, 3.63) is 0 Å². The van der Waals surface area contributed by atoms with Gasteiger partial charge in [-0.3, -0.25) is 0 Å². The van der Waals surface area contributed by atoms with Gasteiger partial charge in [0.2, 0.25) is 0 Å². The maximum absolute atomic E-state index is 8.88. The van der Waals surface area contributed by atoms with E-state index in [1.807, 2.05) is 0 Å². The van der Waals surface area contributed by atoms with Crippen molar-refractivity contribution in [3.8, 4) is 0 Å². The van der Waals surface area contributed by atoms with Crippen LogP contribution in [0.2, 0.25) is 0 Å². The van der Waals surface area contributed by atoms with Crippen LogP contribution in [-0.2, 0) is 0 Å². The SMILES string of the molecule is CC[N+](C)(CC)CC.O=C([O-])I. The minimum Gasteiger partial charge on any atom is -0.538 e. The van der Waals surface area contributed by atoms with Crippen molar-refractivity contribution in [2.45, 2.75) is 20.8 Å². The van der Waals surface area contributed by atoms with Crippen LogP contribution in [0.3, 0.4) is 0 Å². The fraction of sp³-hybridized carbons (Fsp3) is 0.875. The third kappa shape index (κ3) is 10.2. The van der Waals surface area contributed by atoms with Gasteiger partial charge in [-0.25, -0.2) is 0 Å². The summed E-state index contributed by atoms with van der Waals surface area (Å²) in [6.07, 6.45) is 0. The highest BCUT2D eigenvalue weighted by Gasteiger charge is 2.10. The zero-order valence-corrected chi connectivity index (χ0v) is 10.4. The number of carbonyl (C=O) groups excluding carboxylic acids is 1. The maximum atomic E-state index is 8.88. The van der Waals surface area contributed by atoms with Crippen molar-refractivity contribution in [2.75, 3.05) is 26.7 Å². The quantitative estimate of drug-likeness (QED) is 0.445. The van der Waals surface area contributed by atoms with E-state index in [1.54, 1.807) is 0 Å². The van der Waals surface area contributed by atoms with E-state index in [2.05, 4.69) is 27.8 Å². The minimum absolute atomic E-state index is 1.11. The Labute approximate surface area is 88.5 Å². The van der Waals surface area contributed by atoms with Crippen LogP contribution in [0.15, 0.2) is 0 Å². The Morgan fingerprint density at radius 3 is 1.42 bits per heavy atom. The fourth-order valence-electron chi connectivity index (χ4n) is 0.671. The van der Waals surface area contributed by atoms with Crippen molar-refractivity contribution < 1.29 is 14.4 Å². The number of carbonyl (C=O) groups is 1. The molecule has 0 radical (unpaired) electrons. The molecule has 0 N–H and O–H groups in total. The molecule has 74 valence electrons. The Kier molecular flexibility index (Phi) is 9.53. The van der Waals surface area contributed by atoms with E-state index in [-0.39, 0.29) is 0 Å². The minimum atomic E-state index is -1.11. The average molecular weight is 287 g/mol. The summed E-state index contributed by atoms with van der Waals surface area (Å²) in [6.45, 7) is 10.5. The van der Waals surface area contributed by atoms with Crippen LogP contribution in [0, 0.1) is 0 Å². The van der Waals surface area contributed by atoms with Gasteiger partial charge in [0, 0.05) is 0 Å². The number of nitrogens with zero attached hydrogens (tertiary/aromatic N) is 1. The van der Waals surface area contributed by atoms with Crippen molar-refractivity contribution in [2.24, 2.45) is 0 Å². The first-order valence-electron chi connectivity index (χ1n) is 4.11. The molecule has 0 aliphatic rings. The van der Waals surface area contributed by atoms with E-state index in [1.165, 1.54) is 24.1 Å². The van der Waals surface area contributed by atoms with Crippen LogP contribution >= 0.6 is 22.6 Å². The molecule has 0 aromatic rings. The molecule has 4 heteroatoms. The van der Waals surface area contributed by atoms with Crippen LogP contribution < -0.4 is 5.11 Å². The summed E-state index contributed by atoms with van der Waals surface area (Å²) in [7, 11) is 2.29. The number of carboxylic acid groups (broad SMARTS) is 1. The highest BCUT2D eigenvalue weighted by Crippen LogP contribution is 1.97. The number of hydrogen-bond donors (Lipinski definition) is 0. The fourth-order valence-corrected chi connectivity index (χ4v) is 0.671. The van der Waals surface area contributed by atoms with Crippen LogP contribution in [0.25, 0.3) is 0 Å². The molecule has 0 aromatic heterocycles. The maximum Gasteiger partial charge on any atom is 0.103 e. The molecule has 0 atom stereocenters. The number of halogens is 1. The lowest BCUT2D eigenvalue weighted by Gasteiger charge is -2.30. The monoisotopic (exact) mass is 287 g/mol. The molecule has 0 heterocycles. The average Bonchev–Trinajstić information content (AvgIpc) is 2.02. The van der Waals surface area contributed by atoms with Gasteiger partial charge in [-0.15, -0.1) is 0 Å². The molecule has 0 rings (SSSR count). The second kappa shape index (κ2) is 7.79. The summed E-state index contributed by atoms with van der Waals surface area (Å²) in [5, 5.41) is 8.88. The van der Waals surface area contributed by atoms with E-state index in [9.17, 15) is 0 Å². The Hall–Kier alpha value is 0.160. The largest absolute Gasteiger partial charge is 0.538 e. The molecule has 3 nitrogen and oxygen atoms in total. The van der Waals surface area contributed by atoms with Crippen molar-refractivity contribution in [1.29, 1.82) is 0 Å². The Bertz CT molecular complexity index is 112. The Morgan fingerprint density at radius 1 is 1.25 bits per heavy atom. The summed E-state index contributed by atoms with van der Waals surface area (Å²) in [5.74, 6) is 0. The second-order valence-electron chi connectivity index (χ2n) is 2.81. The summed E-state index contributed by atoms with van der Waals surface area (Å²) in [4.78, 5) is 8.88. The molecule has 0 amide bonds. The zero-order valence-electron chi connectivity index (χ0n) is 8.26. The van der Waals surface area contributed by atoms with E-state index >= 15 is 0 Å². The molecule has 12 heavy (non-hydrogen) atoms. The summed E-state index contributed by atoms with van der Waals surface area (Å²) < 4.78 is 0.0950. The van der Waals surface area contributed by atoms with Crippen LogP contribution in [-0.4, -0.2) is 35.1 Å². The van der Waals surface area contributed by atoms with Crippen LogP contribution in [0.1, 0.15) is 20.8 Å². The highest BCUT2D eigenvalue weighted by atomic mass is 127. The molecule has 0 bridgehead atoms. The highest BCUT2D eigenvalue weighted by molar-refractivity contribution is 14.1. The van der Waals surface area contributed by atoms with Crippen molar-refractivity contribution >= 4 is 26.6 Å². The van der Waals surface area contributed by atoms with E-state index in [4.69, 9.17) is 9.90 Å². The number of hydrogen-bond acceptors (Lipinski definition) is 2. The topological polar surface area (TPSA) is 40.1 Å². The normalized spacial score (nSPS) is 10.1. The molecule has 0 saturated carbocycles. The van der Waals surface area contributed by atoms with Crippen LogP contribution in [0.4, 0.5) is 4.79 Å². The predicted octanol–water partition coefficient (Wildman–Crippen LogP) is 1.26. The molecular weight excluding hydrogens is 269 g/mol. The summed E-state index contributed by atoms with van der Waals surface area (Å²) in [5.41, 5.74) is 0. The molecular formula is C8H18INO2. The van der Waals surface area contributed by atoms with Gasteiger partial charge in [0.05, 0.1) is 26.7 Å². The van der Waals surface area contributed by atoms with Gasteiger partial charge in [0.25, 0.3) is 0 Å². The predicted molar refractivity (Wildman–Crippen MR) is 57.2 cm³/mol. The van der Waals surface area contributed by atoms with Gasteiger partial charge in [-0.05, 0) is 43.4 Å². The van der Waals surface area contributed by atoms with Gasteiger partial charge >= 0.3 is 0 Å². The number of quaternary nitrogens is 1. The zero-order chi connectivity index (χ0) is 10.2. The van der Waals surface area contributed by atoms with E-state index < -0.39 is 3.98 Å². The lowest BCUT2D eigenvalue weighted by molar-refractivity contribution is -0.904. The summed E-state index contributed by atoms with van der Waals surface area (Å²) >= 11 is 1.15. The van der Waals surface area contributed by atoms with E-state index in [0.29, 0.717) is 0 Å². The second-order valence-corrected chi connectivity index (χ2v) is 3.69. The standard InChI is InChI=1S/C7H18N.CHIO2/c1-5-8(4,6-2)7-3;2-1(3)4/h5-7H2,1-4H3;(H,3,4)/q+1;/p-1. The third-order valence-corrected chi connectivity index (χ3v) is 2.29. The molecule has 0 aromatic carbocycles. The molecule has 0 saturated heterocycles. The smallest absolute Gasteiger partial charge is 0.103 e.